The molecule has 0 fully saturated rings. The van der Waals surface area contributed by atoms with Gasteiger partial charge in [0, 0.05) is 12.5 Å². The number of phenolic OH excluding ortho intramolecular Hbond substituents is 2. The van der Waals surface area contributed by atoms with Crippen LogP contribution in [0.2, 0.25) is 0 Å². The van der Waals surface area contributed by atoms with E-state index in [2.05, 4.69) is 6.08 Å². The lowest BCUT2D eigenvalue weighted by Crippen LogP contribution is -2.42. The fourth-order valence-corrected chi connectivity index (χ4v) is 3.77. The van der Waals surface area contributed by atoms with E-state index >= 15 is 0 Å². The number of aliphatic hydroxyl groups is 2. The molecular formula is C29H44O6. The number of carbonyl (C=O) groups is 1. The summed E-state index contributed by atoms with van der Waals surface area (Å²) in [4.78, 5) is 11.6. The van der Waals surface area contributed by atoms with Crippen LogP contribution < -0.4 is 0 Å². The van der Waals surface area contributed by atoms with E-state index in [9.17, 15) is 25.2 Å². The van der Waals surface area contributed by atoms with E-state index in [1.165, 1.54) is 24.6 Å². The Morgan fingerprint density at radius 3 is 2.23 bits per heavy atom. The molecule has 1 unspecified atom stereocenters. The Balaban J connectivity index is 2.70. The Bertz CT molecular complexity index is 933. The third-order valence-corrected chi connectivity index (χ3v) is 6.12. The molecule has 1 aromatic carbocycles. The van der Waals surface area contributed by atoms with Gasteiger partial charge >= 0.3 is 5.97 Å². The zero-order valence-corrected chi connectivity index (χ0v) is 22.4. The number of carbonyl (C=O) groups excluding carboxylic acids is 1. The minimum atomic E-state index is -1.12. The van der Waals surface area contributed by atoms with Crippen LogP contribution in [0.4, 0.5) is 0 Å². The van der Waals surface area contributed by atoms with Crippen molar-refractivity contribution < 1.29 is 30.0 Å². The first-order valence-electron chi connectivity index (χ1n) is 12.3. The first-order valence-corrected chi connectivity index (χ1v) is 12.3. The van der Waals surface area contributed by atoms with Crippen molar-refractivity contribution in [3.63, 3.8) is 0 Å². The summed E-state index contributed by atoms with van der Waals surface area (Å²) in [5, 5.41) is 41.5. The number of aromatic hydroxyl groups is 2. The van der Waals surface area contributed by atoms with Crippen molar-refractivity contribution in [3.05, 3.63) is 52.6 Å². The Hall–Kier alpha value is -2.57. The van der Waals surface area contributed by atoms with Gasteiger partial charge in [0.15, 0.2) is 0 Å². The van der Waals surface area contributed by atoms with Crippen LogP contribution in [0.1, 0.15) is 91.2 Å². The number of hydrogen-bond donors (Lipinski definition) is 4. The van der Waals surface area contributed by atoms with Crippen LogP contribution >= 0.6 is 0 Å². The highest BCUT2D eigenvalue weighted by atomic mass is 16.6. The smallest absolute Gasteiger partial charge is 0.303 e. The van der Waals surface area contributed by atoms with E-state index in [1.807, 2.05) is 26.8 Å². The second kappa shape index (κ2) is 13.5. The van der Waals surface area contributed by atoms with E-state index in [1.54, 1.807) is 32.9 Å². The molecule has 0 aliphatic carbocycles. The molecule has 0 saturated heterocycles. The first kappa shape index (κ1) is 30.5. The van der Waals surface area contributed by atoms with Gasteiger partial charge in [0.1, 0.15) is 17.6 Å². The highest BCUT2D eigenvalue weighted by Crippen LogP contribution is 2.29. The van der Waals surface area contributed by atoms with Crippen molar-refractivity contribution in [1.82, 2.24) is 0 Å². The number of allylic oxidation sites excluding steroid dienone is 4. The minimum absolute atomic E-state index is 0.0437. The van der Waals surface area contributed by atoms with Crippen LogP contribution in [0, 0.1) is 6.92 Å². The van der Waals surface area contributed by atoms with Gasteiger partial charge in [0.05, 0.1) is 11.2 Å². The second-order valence-corrected chi connectivity index (χ2v) is 10.3. The number of aryl methyl sites for hydroxylation is 1. The molecule has 0 aromatic heterocycles. The number of esters is 1. The van der Waals surface area contributed by atoms with Gasteiger partial charge in [-0.3, -0.25) is 4.79 Å². The fraction of sp³-hybridized carbons (Fsp3) is 0.552. The largest absolute Gasteiger partial charge is 0.508 e. The highest BCUT2D eigenvalue weighted by Gasteiger charge is 2.33. The minimum Gasteiger partial charge on any atom is -0.508 e. The third-order valence-electron chi connectivity index (χ3n) is 6.12. The van der Waals surface area contributed by atoms with Crippen molar-refractivity contribution >= 4 is 12.0 Å². The van der Waals surface area contributed by atoms with Crippen molar-refractivity contribution in [2.45, 2.75) is 104 Å². The molecule has 6 nitrogen and oxygen atoms in total. The van der Waals surface area contributed by atoms with Gasteiger partial charge in [0.25, 0.3) is 0 Å². The average Bonchev–Trinajstić information content (AvgIpc) is 2.71. The number of hydrogen-bond acceptors (Lipinski definition) is 6. The van der Waals surface area contributed by atoms with Gasteiger partial charge in [-0.05, 0) is 97.8 Å². The molecular weight excluding hydrogens is 444 g/mol. The number of benzene rings is 1. The van der Waals surface area contributed by atoms with E-state index in [0.717, 1.165) is 5.57 Å². The maximum atomic E-state index is 11.6. The van der Waals surface area contributed by atoms with Gasteiger partial charge in [-0.2, -0.15) is 0 Å². The van der Waals surface area contributed by atoms with E-state index in [-0.39, 0.29) is 11.5 Å². The predicted octanol–water partition coefficient (Wildman–Crippen LogP) is 6.11. The normalized spacial score (nSPS) is 16.4. The highest BCUT2D eigenvalue weighted by molar-refractivity contribution is 5.66. The molecule has 0 aliphatic rings. The van der Waals surface area contributed by atoms with Crippen LogP contribution in [0.3, 0.4) is 0 Å². The lowest BCUT2D eigenvalue weighted by molar-refractivity contribution is -0.162. The molecule has 0 heterocycles. The van der Waals surface area contributed by atoms with Crippen molar-refractivity contribution in [1.29, 1.82) is 0 Å². The number of rotatable bonds is 13. The van der Waals surface area contributed by atoms with Crippen LogP contribution in [0.5, 0.6) is 11.5 Å². The molecule has 0 amide bonds. The second-order valence-electron chi connectivity index (χ2n) is 10.3. The lowest BCUT2D eigenvalue weighted by Gasteiger charge is -2.32. The zero-order chi connectivity index (χ0) is 26.8. The fourth-order valence-electron chi connectivity index (χ4n) is 3.77. The molecule has 0 spiro atoms. The molecule has 196 valence electrons. The van der Waals surface area contributed by atoms with Crippen molar-refractivity contribution in [2.75, 3.05) is 0 Å². The first-order chi connectivity index (χ1) is 16.1. The molecule has 0 radical (unpaired) electrons. The van der Waals surface area contributed by atoms with E-state index in [0.29, 0.717) is 49.7 Å². The summed E-state index contributed by atoms with van der Waals surface area (Å²) in [6, 6.07) is 2.95. The van der Waals surface area contributed by atoms with Crippen molar-refractivity contribution in [3.8, 4) is 11.5 Å². The maximum Gasteiger partial charge on any atom is 0.303 e. The van der Waals surface area contributed by atoms with Gasteiger partial charge in [-0.25, -0.2) is 0 Å². The lowest BCUT2D eigenvalue weighted by atomic mass is 9.88. The summed E-state index contributed by atoms with van der Waals surface area (Å²) in [5.41, 5.74) is 1.07. The number of phenols is 2. The summed E-state index contributed by atoms with van der Waals surface area (Å²) < 4.78 is 5.46. The number of ether oxygens (including phenoxy) is 1. The monoisotopic (exact) mass is 488 g/mol. The Labute approximate surface area is 210 Å². The van der Waals surface area contributed by atoms with E-state index < -0.39 is 23.3 Å². The van der Waals surface area contributed by atoms with Gasteiger partial charge in [-0.15, -0.1) is 0 Å². The molecule has 1 rings (SSSR count). The average molecular weight is 489 g/mol. The van der Waals surface area contributed by atoms with Crippen LogP contribution in [-0.2, 0) is 9.53 Å². The Kier molecular flexibility index (Phi) is 11.7. The topological polar surface area (TPSA) is 107 Å². The van der Waals surface area contributed by atoms with Crippen LogP contribution in [0.15, 0.2) is 41.5 Å². The SMILES string of the molecule is CC(=O)O[C@H](CC/C(C)=C/CCC(C)(O)/C=C\c1cc(O)c(C)cc1O)[C@@](C)(O)CCC=C(C)C. The molecule has 0 saturated carbocycles. The van der Waals surface area contributed by atoms with Gasteiger partial charge < -0.3 is 25.2 Å². The van der Waals surface area contributed by atoms with Gasteiger partial charge in [-0.1, -0.05) is 35.5 Å². The summed E-state index contributed by atoms with van der Waals surface area (Å²) >= 11 is 0. The molecule has 3 atom stereocenters. The van der Waals surface area contributed by atoms with Gasteiger partial charge in [0.2, 0.25) is 0 Å². The van der Waals surface area contributed by atoms with Crippen molar-refractivity contribution in [2.24, 2.45) is 0 Å². The Morgan fingerprint density at radius 1 is 1.00 bits per heavy atom. The van der Waals surface area contributed by atoms with Crippen LogP contribution in [-0.4, -0.2) is 43.7 Å². The predicted molar refractivity (Wildman–Crippen MR) is 141 cm³/mol. The molecule has 35 heavy (non-hydrogen) atoms. The summed E-state index contributed by atoms with van der Waals surface area (Å²) in [6.07, 6.45) is 10.2. The molecule has 0 bridgehead atoms. The molecule has 0 aliphatic heterocycles. The molecule has 1 aromatic rings. The summed E-state index contributed by atoms with van der Waals surface area (Å²) in [5.74, 6) is -0.277. The van der Waals surface area contributed by atoms with E-state index in [4.69, 9.17) is 4.74 Å². The zero-order valence-electron chi connectivity index (χ0n) is 22.4. The Morgan fingerprint density at radius 2 is 1.63 bits per heavy atom. The third kappa shape index (κ3) is 11.6. The standard InChI is InChI=1S/C29H44O6/c1-20(2)10-8-16-29(7,34)27(35-23(5)30)13-12-21(3)11-9-15-28(6,33)17-14-24-19-25(31)22(4)18-26(24)32/h10-11,14,17-19,27,31-34H,8-9,12-13,15-16H2,1-7H3/b17-14-,21-11+/t27-,28?,29+/m1/s1. The maximum absolute atomic E-state index is 11.6. The molecule has 4 N–H and O–H groups in total. The summed E-state index contributed by atoms with van der Waals surface area (Å²) in [6.45, 7) is 12.5. The summed E-state index contributed by atoms with van der Waals surface area (Å²) in [7, 11) is 0. The van der Waals surface area contributed by atoms with Crippen LogP contribution in [0.25, 0.3) is 6.08 Å². The quantitative estimate of drug-likeness (QED) is 0.152. The molecule has 6 heteroatoms.